The Balaban J connectivity index is 1.76. The maximum atomic E-state index is 5.52. The summed E-state index contributed by atoms with van der Waals surface area (Å²) in [5.41, 5.74) is 2.40. The number of aromatic nitrogens is 2. The van der Waals surface area contributed by atoms with Gasteiger partial charge >= 0.3 is 0 Å². The zero-order chi connectivity index (χ0) is 12.8. The average molecular weight is 251 g/mol. The fourth-order valence-corrected chi connectivity index (χ4v) is 2.62. The summed E-state index contributed by atoms with van der Waals surface area (Å²) >= 11 is 0. The molecule has 0 aromatic carbocycles. The van der Waals surface area contributed by atoms with Gasteiger partial charge in [0, 0.05) is 25.4 Å². The molecule has 102 valence electrons. The van der Waals surface area contributed by atoms with Gasteiger partial charge in [0.15, 0.2) is 0 Å². The smallest absolute Gasteiger partial charge is 0.0625 e. The molecule has 2 heterocycles. The predicted molar refractivity (Wildman–Crippen MR) is 72.5 cm³/mol. The Morgan fingerprint density at radius 1 is 1.56 bits per heavy atom. The zero-order valence-corrected chi connectivity index (χ0v) is 11.6. The summed E-state index contributed by atoms with van der Waals surface area (Å²) in [4.78, 5) is 2.36. The molecule has 1 aromatic rings. The van der Waals surface area contributed by atoms with E-state index in [1.54, 1.807) is 0 Å². The highest BCUT2D eigenvalue weighted by Gasteiger charge is 2.16. The third-order valence-electron chi connectivity index (χ3n) is 3.45. The van der Waals surface area contributed by atoms with Crippen molar-refractivity contribution in [1.29, 1.82) is 0 Å². The van der Waals surface area contributed by atoms with Gasteiger partial charge in [0.05, 0.1) is 12.3 Å². The first kappa shape index (κ1) is 13.6. The topological polar surface area (TPSA) is 41.1 Å². The summed E-state index contributed by atoms with van der Waals surface area (Å²) in [6, 6.07) is 2.19. The van der Waals surface area contributed by atoms with Crippen LogP contribution in [0.3, 0.4) is 0 Å². The van der Waals surface area contributed by atoms with E-state index in [2.05, 4.69) is 35.1 Å². The van der Waals surface area contributed by atoms with E-state index in [4.69, 9.17) is 4.74 Å². The Hall–Kier alpha value is -0.870. The maximum absolute atomic E-state index is 5.52. The quantitative estimate of drug-likeness (QED) is 0.843. The van der Waals surface area contributed by atoms with Crippen LogP contribution in [-0.2, 0) is 17.7 Å². The standard InChI is InChI=1S/C14H25N3O/c1-3-5-13-8-14(16-15-13)10-17(2)9-12-6-4-7-18-11-12/h8,12H,3-7,9-11H2,1-2H3,(H,15,16)/t12-/m1/s1. The van der Waals surface area contributed by atoms with Gasteiger partial charge in [-0.2, -0.15) is 5.10 Å². The number of ether oxygens (including phenoxy) is 1. The molecule has 1 aliphatic rings. The molecule has 18 heavy (non-hydrogen) atoms. The van der Waals surface area contributed by atoms with Gasteiger partial charge in [0.2, 0.25) is 0 Å². The Kier molecular flexibility index (Phi) is 5.20. The molecule has 1 fully saturated rings. The molecule has 1 aliphatic heterocycles. The number of hydrogen-bond acceptors (Lipinski definition) is 3. The highest BCUT2D eigenvalue weighted by Crippen LogP contribution is 2.15. The average Bonchev–Trinajstić information content (AvgIpc) is 2.78. The Bertz CT molecular complexity index is 345. The molecule has 1 N–H and O–H groups in total. The molecule has 0 aliphatic carbocycles. The van der Waals surface area contributed by atoms with Crippen molar-refractivity contribution in [3.05, 3.63) is 17.5 Å². The Labute approximate surface area is 110 Å². The molecule has 1 saturated heterocycles. The van der Waals surface area contributed by atoms with Gasteiger partial charge in [0.25, 0.3) is 0 Å². The fraction of sp³-hybridized carbons (Fsp3) is 0.786. The second-order valence-corrected chi connectivity index (χ2v) is 5.41. The Morgan fingerprint density at radius 3 is 3.17 bits per heavy atom. The lowest BCUT2D eigenvalue weighted by Crippen LogP contribution is -2.30. The Morgan fingerprint density at radius 2 is 2.44 bits per heavy atom. The van der Waals surface area contributed by atoms with E-state index in [0.29, 0.717) is 5.92 Å². The molecule has 0 radical (unpaired) electrons. The van der Waals surface area contributed by atoms with Crippen LogP contribution in [0.15, 0.2) is 6.07 Å². The minimum atomic E-state index is 0.696. The number of nitrogens with one attached hydrogen (secondary N) is 1. The minimum absolute atomic E-state index is 0.696. The molecule has 0 amide bonds. The lowest BCUT2D eigenvalue weighted by molar-refractivity contribution is 0.0410. The van der Waals surface area contributed by atoms with Crippen molar-refractivity contribution in [2.45, 2.75) is 39.2 Å². The molecule has 4 heteroatoms. The highest BCUT2D eigenvalue weighted by atomic mass is 16.5. The van der Waals surface area contributed by atoms with Crippen LogP contribution in [0.2, 0.25) is 0 Å². The molecule has 0 unspecified atom stereocenters. The van der Waals surface area contributed by atoms with Crippen molar-refractivity contribution >= 4 is 0 Å². The normalized spacial score (nSPS) is 20.5. The maximum Gasteiger partial charge on any atom is 0.0625 e. The summed E-state index contributed by atoms with van der Waals surface area (Å²) in [5.74, 6) is 0.696. The second kappa shape index (κ2) is 6.90. The van der Waals surface area contributed by atoms with Crippen LogP contribution >= 0.6 is 0 Å². The number of nitrogens with zero attached hydrogens (tertiary/aromatic N) is 2. The van der Waals surface area contributed by atoms with Gasteiger partial charge in [-0.15, -0.1) is 0 Å². The third-order valence-corrected chi connectivity index (χ3v) is 3.45. The first-order valence-corrected chi connectivity index (χ1v) is 7.07. The molecular formula is C14H25N3O. The van der Waals surface area contributed by atoms with Crippen LogP contribution in [0, 0.1) is 5.92 Å². The van der Waals surface area contributed by atoms with Crippen LogP contribution in [-0.4, -0.2) is 41.9 Å². The van der Waals surface area contributed by atoms with Crippen LogP contribution in [0.4, 0.5) is 0 Å². The first-order valence-electron chi connectivity index (χ1n) is 7.07. The van der Waals surface area contributed by atoms with Crippen molar-refractivity contribution in [2.75, 3.05) is 26.8 Å². The predicted octanol–water partition coefficient (Wildman–Crippen LogP) is 2.22. The number of hydrogen-bond donors (Lipinski definition) is 1. The van der Waals surface area contributed by atoms with Crippen molar-refractivity contribution in [2.24, 2.45) is 5.92 Å². The van der Waals surface area contributed by atoms with Gasteiger partial charge < -0.3 is 9.64 Å². The molecule has 0 saturated carbocycles. The number of rotatable bonds is 6. The summed E-state index contributed by atoms with van der Waals surface area (Å²) < 4.78 is 5.52. The SMILES string of the molecule is CCCc1cc(CN(C)C[C@H]2CCCOC2)[nH]n1. The highest BCUT2D eigenvalue weighted by molar-refractivity contribution is 5.08. The molecule has 0 spiro atoms. The lowest BCUT2D eigenvalue weighted by Gasteiger charge is -2.26. The van der Waals surface area contributed by atoms with E-state index in [0.717, 1.165) is 39.1 Å². The largest absolute Gasteiger partial charge is 0.381 e. The van der Waals surface area contributed by atoms with E-state index >= 15 is 0 Å². The van der Waals surface area contributed by atoms with Crippen LogP contribution < -0.4 is 0 Å². The van der Waals surface area contributed by atoms with E-state index < -0.39 is 0 Å². The fourth-order valence-electron chi connectivity index (χ4n) is 2.62. The van der Waals surface area contributed by atoms with Gasteiger partial charge in [-0.05, 0) is 38.3 Å². The monoisotopic (exact) mass is 251 g/mol. The molecule has 2 rings (SSSR count). The van der Waals surface area contributed by atoms with Crippen molar-refractivity contribution in [3.63, 3.8) is 0 Å². The summed E-state index contributed by atoms with van der Waals surface area (Å²) in [6.45, 7) is 6.12. The third kappa shape index (κ3) is 4.10. The van der Waals surface area contributed by atoms with Crippen LogP contribution in [0.25, 0.3) is 0 Å². The van der Waals surface area contributed by atoms with Gasteiger partial charge in [-0.25, -0.2) is 0 Å². The zero-order valence-electron chi connectivity index (χ0n) is 11.6. The second-order valence-electron chi connectivity index (χ2n) is 5.41. The van der Waals surface area contributed by atoms with Crippen molar-refractivity contribution < 1.29 is 4.74 Å². The first-order chi connectivity index (χ1) is 8.78. The van der Waals surface area contributed by atoms with E-state index in [-0.39, 0.29) is 0 Å². The molecule has 0 bridgehead atoms. The van der Waals surface area contributed by atoms with Crippen LogP contribution in [0.5, 0.6) is 0 Å². The van der Waals surface area contributed by atoms with Gasteiger partial charge in [-0.1, -0.05) is 13.3 Å². The molecule has 4 nitrogen and oxygen atoms in total. The molecule has 1 aromatic heterocycles. The van der Waals surface area contributed by atoms with Crippen molar-refractivity contribution in [3.8, 4) is 0 Å². The number of H-pyrrole nitrogens is 1. The van der Waals surface area contributed by atoms with Crippen molar-refractivity contribution in [1.82, 2.24) is 15.1 Å². The van der Waals surface area contributed by atoms with Gasteiger partial charge in [-0.3, -0.25) is 5.10 Å². The number of aryl methyl sites for hydroxylation is 1. The van der Waals surface area contributed by atoms with E-state index in [1.165, 1.54) is 24.2 Å². The van der Waals surface area contributed by atoms with Gasteiger partial charge in [0.1, 0.15) is 0 Å². The van der Waals surface area contributed by atoms with E-state index in [1.807, 2.05) is 0 Å². The lowest BCUT2D eigenvalue weighted by atomic mass is 10.0. The summed E-state index contributed by atoms with van der Waals surface area (Å²) in [5, 5.41) is 7.47. The number of aromatic amines is 1. The molecular weight excluding hydrogens is 226 g/mol. The summed E-state index contributed by atoms with van der Waals surface area (Å²) in [6.07, 6.45) is 4.73. The summed E-state index contributed by atoms with van der Waals surface area (Å²) in [7, 11) is 2.18. The minimum Gasteiger partial charge on any atom is -0.381 e. The van der Waals surface area contributed by atoms with Crippen LogP contribution in [0.1, 0.15) is 37.6 Å². The molecule has 1 atom stereocenters. The van der Waals surface area contributed by atoms with E-state index in [9.17, 15) is 0 Å².